The Labute approximate surface area is 146 Å². The fourth-order valence-corrected chi connectivity index (χ4v) is 4.57. The van der Waals surface area contributed by atoms with E-state index in [0.29, 0.717) is 5.15 Å². The molecule has 5 nitrogen and oxygen atoms in total. The van der Waals surface area contributed by atoms with Crippen LogP contribution in [0.1, 0.15) is 40.2 Å². The highest BCUT2D eigenvalue weighted by Gasteiger charge is 2.66. The molecule has 2 aromatic heterocycles. The largest absolute Gasteiger partial charge is 0.342 e. The molecule has 128 valence electrons. The molecule has 0 bridgehead atoms. The van der Waals surface area contributed by atoms with Gasteiger partial charge in [-0.05, 0) is 33.3 Å². The molecule has 1 saturated heterocycles. The second-order valence-electron chi connectivity index (χ2n) is 7.67. The van der Waals surface area contributed by atoms with Crippen molar-refractivity contribution in [3.8, 4) is 0 Å². The molecule has 2 aliphatic rings. The normalized spacial score (nSPS) is 37.7. The van der Waals surface area contributed by atoms with Crippen LogP contribution in [0, 0.1) is 5.41 Å². The Bertz CT molecular complexity index is 833. The predicted octanol–water partition coefficient (Wildman–Crippen LogP) is 4.13. The predicted molar refractivity (Wildman–Crippen MR) is 92.9 cm³/mol. The fraction of sp³-hybridized carbons (Fsp3) is 0.556. The maximum Gasteiger partial charge on any atom is 0.164 e. The third-order valence-electron chi connectivity index (χ3n) is 5.80. The van der Waals surface area contributed by atoms with E-state index in [9.17, 15) is 0 Å². The summed E-state index contributed by atoms with van der Waals surface area (Å²) in [5, 5.41) is 1.32. The maximum atomic E-state index is 6.37. The molecule has 2 aromatic rings. The third kappa shape index (κ3) is 1.95. The van der Waals surface area contributed by atoms with E-state index in [1.807, 2.05) is 32.2 Å². The monoisotopic (exact) mass is 347 g/mol. The van der Waals surface area contributed by atoms with Crippen LogP contribution in [0.15, 0.2) is 31.2 Å². The van der Waals surface area contributed by atoms with Crippen LogP contribution < -0.4 is 0 Å². The molecule has 0 radical (unpaired) electrons. The Hall–Kier alpha value is -1.43. The first-order valence-electron chi connectivity index (χ1n) is 8.19. The number of hydrogen-bond donors (Lipinski definition) is 0. The van der Waals surface area contributed by atoms with Crippen LogP contribution in [0.3, 0.4) is 0 Å². The van der Waals surface area contributed by atoms with Crippen LogP contribution >= 0.6 is 11.6 Å². The van der Waals surface area contributed by atoms with Crippen molar-refractivity contribution < 1.29 is 9.47 Å². The second kappa shape index (κ2) is 4.81. The van der Waals surface area contributed by atoms with Crippen molar-refractivity contribution in [3.63, 3.8) is 0 Å². The Kier molecular flexibility index (Phi) is 3.22. The zero-order valence-electron chi connectivity index (χ0n) is 14.4. The molecule has 4 atom stereocenters. The summed E-state index contributed by atoms with van der Waals surface area (Å²) in [5.41, 5.74) is 0.170. The number of fused-ring (bicyclic) bond motifs is 2. The van der Waals surface area contributed by atoms with Gasteiger partial charge in [-0.25, -0.2) is 9.97 Å². The zero-order chi connectivity index (χ0) is 17.3. The minimum Gasteiger partial charge on any atom is -0.342 e. The molecule has 0 amide bonds. The van der Waals surface area contributed by atoms with Gasteiger partial charge in [0.1, 0.15) is 28.8 Å². The Morgan fingerprint density at radius 3 is 2.79 bits per heavy atom. The average molecular weight is 348 g/mol. The van der Waals surface area contributed by atoms with Gasteiger partial charge in [-0.1, -0.05) is 24.6 Å². The molecule has 1 aliphatic heterocycles. The molecule has 0 unspecified atom stereocenters. The zero-order valence-corrected chi connectivity index (χ0v) is 15.2. The topological polar surface area (TPSA) is 49.2 Å². The summed E-state index contributed by atoms with van der Waals surface area (Å²) < 4.78 is 14.8. The van der Waals surface area contributed by atoms with Crippen molar-refractivity contribution in [2.45, 2.75) is 57.6 Å². The van der Waals surface area contributed by atoms with E-state index in [1.54, 1.807) is 0 Å². The van der Waals surface area contributed by atoms with Crippen molar-refractivity contribution in [1.29, 1.82) is 0 Å². The smallest absolute Gasteiger partial charge is 0.164 e. The number of halogens is 1. The fourth-order valence-electron chi connectivity index (χ4n) is 4.38. The standard InChI is InChI=1S/C18H22ClN3O2/c1-6-17(4)9-12(13-18(17,5)24-16(2,3)23-13)22-8-7-11-14(19)20-10-21-15(11)22/h6-8,10,12-13H,1,9H2,2-5H3/t12-,13+,17+,18+/m1/s1. The summed E-state index contributed by atoms with van der Waals surface area (Å²) in [5.74, 6) is -0.627. The molecular weight excluding hydrogens is 326 g/mol. The van der Waals surface area contributed by atoms with Crippen molar-refractivity contribution in [3.05, 3.63) is 36.4 Å². The van der Waals surface area contributed by atoms with Crippen molar-refractivity contribution in [1.82, 2.24) is 14.5 Å². The van der Waals surface area contributed by atoms with Gasteiger partial charge in [0.05, 0.1) is 11.4 Å². The molecule has 1 saturated carbocycles. The van der Waals surface area contributed by atoms with Crippen LogP contribution in [0.25, 0.3) is 11.0 Å². The van der Waals surface area contributed by atoms with Gasteiger partial charge in [-0.2, -0.15) is 0 Å². The van der Waals surface area contributed by atoms with Crippen molar-refractivity contribution in [2.24, 2.45) is 5.41 Å². The van der Waals surface area contributed by atoms with Gasteiger partial charge in [-0.15, -0.1) is 6.58 Å². The van der Waals surface area contributed by atoms with E-state index in [2.05, 4.69) is 35.0 Å². The van der Waals surface area contributed by atoms with Gasteiger partial charge in [0.25, 0.3) is 0 Å². The van der Waals surface area contributed by atoms with Gasteiger partial charge in [0, 0.05) is 11.6 Å². The molecule has 0 N–H and O–H groups in total. The van der Waals surface area contributed by atoms with Crippen LogP contribution in [0.5, 0.6) is 0 Å². The Balaban J connectivity index is 1.87. The number of aromatic nitrogens is 3. The Morgan fingerprint density at radius 1 is 1.33 bits per heavy atom. The molecule has 24 heavy (non-hydrogen) atoms. The quantitative estimate of drug-likeness (QED) is 0.605. The molecule has 4 rings (SSSR count). The van der Waals surface area contributed by atoms with Crippen LogP contribution in [-0.2, 0) is 9.47 Å². The van der Waals surface area contributed by atoms with Crippen molar-refractivity contribution in [2.75, 3.05) is 0 Å². The molecule has 0 spiro atoms. The second-order valence-corrected chi connectivity index (χ2v) is 8.02. The van der Waals surface area contributed by atoms with Gasteiger partial charge in [0.15, 0.2) is 5.79 Å². The summed E-state index contributed by atoms with van der Waals surface area (Å²) in [6.07, 6.45) is 6.27. The van der Waals surface area contributed by atoms with Crippen molar-refractivity contribution >= 4 is 22.6 Å². The highest BCUT2D eigenvalue weighted by Crippen LogP contribution is 2.60. The Morgan fingerprint density at radius 2 is 2.08 bits per heavy atom. The lowest BCUT2D eigenvalue weighted by Gasteiger charge is -2.37. The maximum absolute atomic E-state index is 6.37. The van der Waals surface area contributed by atoms with E-state index in [4.69, 9.17) is 21.1 Å². The average Bonchev–Trinajstić information content (AvgIpc) is 3.10. The molecular formula is C18H22ClN3O2. The summed E-state index contributed by atoms with van der Waals surface area (Å²) >= 11 is 6.21. The SMILES string of the molecule is C=C[C@@]1(C)C[C@@H](n2ccc3c(Cl)ncnc32)[C@@H]2OC(C)(C)O[C@@]21C. The summed E-state index contributed by atoms with van der Waals surface area (Å²) in [6.45, 7) is 12.3. The van der Waals surface area contributed by atoms with E-state index in [1.165, 1.54) is 6.33 Å². The molecule has 1 aliphatic carbocycles. The molecule has 2 fully saturated rings. The van der Waals surface area contributed by atoms with Gasteiger partial charge >= 0.3 is 0 Å². The van der Waals surface area contributed by atoms with Gasteiger partial charge in [0.2, 0.25) is 0 Å². The van der Waals surface area contributed by atoms with Crippen LogP contribution in [-0.4, -0.2) is 32.0 Å². The summed E-state index contributed by atoms with van der Waals surface area (Å²) in [6, 6.07) is 2.04. The highest BCUT2D eigenvalue weighted by molar-refractivity contribution is 6.33. The first kappa shape index (κ1) is 16.1. The summed E-state index contributed by atoms with van der Waals surface area (Å²) in [4.78, 5) is 8.50. The van der Waals surface area contributed by atoms with E-state index < -0.39 is 11.4 Å². The van der Waals surface area contributed by atoms with Crippen LogP contribution in [0.4, 0.5) is 0 Å². The number of hydrogen-bond acceptors (Lipinski definition) is 4. The highest BCUT2D eigenvalue weighted by atomic mass is 35.5. The van der Waals surface area contributed by atoms with E-state index in [0.717, 1.165) is 17.5 Å². The van der Waals surface area contributed by atoms with Gasteiger partial charge in [-0.3, -0.25) is 0 Å². The minimum absolute atomic E-state index is 0.0863. The molecule has 6 heteroatoms. The van der Waals surface area contributed by atoms with Gasteiger partial charge < -0.3 is 14.0 Å². The van der Waals surface area contributed by atoms with Crippen LogP contribution in [0.2, 0.25) is 5.15 Å². The third-order valence-corrected chi connectivity index (χ3v) is 6.10. The first-order valence-corrected chi connectivity index (χ1v) is 8.57. The molecule has 0 aromatic carbocycles. The molecule has 3 heterocycles. The summed E-state index contributed by atoms with van der Waals surface area (Å²) in [7, 11) is 0. The minimum atomic E-state index is -0.627. The van der Waals surface area contributed by atoms with E-state index >= 15 is 0 Å². The first-order chi connectivity index (χ1) is 11.2. The number of ether oxygens (including phenoxy) is 2. The number of nitrogens with zero attached hydrogens (tertiary/aromatic N) is 3. The lowest BCUT2D eigenvalue weighted by atomic mass is 9.76. The lowest BCUT2D eigenvalue weighted by Crippen LogP contribution is -2.45. The number of rotatable bonds is 2. The lowest BCUT2D eigenvalue weighted by molar-refractivity contribution is -0.183. The van der Waals surface area contributed by atoms with E-state index in [-0.39, 0.29) is 17.6 Å².